The first-order valence-electron chi connectivity index (χ1n) is 15.0. The number of amides is 1. The molecule has 2 heterocycles. The molecule has 10 nitrogen and oxygen atoms in total. The van der Waals surface area contributed by atoms with E-state index in [0.29, 0.717) is 4.31 Å². The number of alkyl halides is 3. The average Bonchev–Trinajstić information content (AvgIpc) is 3.03. The van der Waals surface area contributed by atoms with Gasteiger partial charge in [-0.3, -0.25) is 4.90 Å². The first kappa shape index (κ1) is 36.3. The second kappa shape index (κ2) is 14.9. The Kier molecular flexibility index (Phi) is 11.0. The van der Waals surface area contributed by atoms with Gasteiger partial charge in [-0.25, -0.2) is 26.9 Å². The number of hydrogen-bond acceptors (Lipinski definition) is 8. The van der Waals surface area contributed by atoms with Crippen LogP contribution in [-0.4, -0.2) is 87.6 Å². The van der Waals surface area contributed by atoms with Gasteiger partial charge in [0.05, 0.1) is 10.7 Å². The Hall–Kier alpha value is -3.99. The van der Waals surface area contributed by atoms with Crippen LogP contribution in [0.1, 0.15) is 18.4 Å². The zero-order valence-electron chi connectivity index (χ0n) is 26.3. The summed E-state index contributed by atoms with van der Waals surface area (Å²) in [6.07, 6.45) is -4.55. The molecule has 2 atom stereocenters. The topological polar surface area (TPSA) is 104 Å². The number of aromatic nitrogens is 1. The molecule has 1 saturated heterocycles. The Labute approximate surface area is 285 Å². The number of sulfonamides is 1. The molecule has 264 valence electrons. The summed E-state index contributed by atoms with van der Waals surface area (Å²) in [4.78, 5) is 18.5. The van der Waals surface area contributed by atoms with E-state index in [1.54, 1.807) is 11.9 Å². The lowest BCUT2D eigenvalue weighted by molar-refractivity contribution is -0.0985. The Balaban J connectivity index is 1.33. The van der Waals surface area contributed by atoms with E-state index >= 15 is 4.39 Å². The summed E-state index contributed by atoms with van der Waals surface area (Å²) in [7, 11) is -1.88. The normalized spacial score (nSPS) is 18.6. The van der Waals surface area contributed by atoms with Crippen molar-refractivity contribution in [1.29, 1.82) is 0 Å². The number of hydrogen-bond donors (Lipinski definition) is 1. The van der Waals surface area contributed by atoms with E-state index in [1.165, 1.54) is 24.1 Å². The predicted molar refractivity (Wildman–Crippen MR) is 171 cm³/mol. The molecule has 1 aliphatic carbocycles. The maximum Gasteiger partial charge on any atom is 0.412 e. The molecule has 1 aliphatic heterocycles. The first-order valence-corrected chi connectivity index (χ1v) is 16.8. The summed E-state index contributed by atoms with van der Waals surface area (Å²) in [5, 5.41) is 2.79. The van der Waals surface area contributed by atoms with Gasteiger partial charge >= 0.3 is 12.3 Å². The number of rotatable bonds is 11. The van der Waals surface area contributed by atoms with Crippen molar-refractivity contribution < 1.29 is 44.6 Å². The van der Waals surface area contributed by atoms with E-state index in [2.05, 4.69) is 10.3 Å². The van der Waals surface area contributed by atoms with Crippen molar-refractivity contribution in [3.63, 3.8) is 0 Å². The molecular weight excluding hydrogens is 697 g/mol. The van der Waals surface area contributed by atoms with Gasteiger partial charge in [0.1, 0.15) is 29.9 Å². The fourth-order valence-electron chi connectivity index (χ4n) is 5.70. The fraction of sp³-hybridized carbons (Fsp3) is 0.375. The van der Waals surface area contributed by atoms with Gasteiger partial charge in [-0.1, -0.05) is 54.1 Å². The minimum absolute atomic E-state index is 0.0488. The minimum atomic E-state index is -4.72. The molecule has 1 fully saturated rings. The Morgan fingerprint density at radius 2 is 1.82 bits per heavy atom. The van der Waals surface area contributed by atoms with Gasteiger partial charge < -0.3 is 19.7 Å². The zero-order valence-corrected chi connectivity index (χ0v) is 27.9. The van der Waals surface area contributed by atoms with Crippen molar-refractivity contribution >= 4 is 39.2 Å². The van der Waals surface area contributed by atoms with Crippen LogP contribution in [0.25, 0.3) is 0 Å². The van der Waals surface area contributed by atoms with Crippen molar-refractivity contribution in [2.24, 2.45) is 0 Å². The number of nitrogens with zero attached hydrogens (tertiary/aromatic N) is 4. The summed E-state index contributed by atoms with van der Waals surface area (Å²) in [6, 6.07) is 12.4. The number of ether oxygens (including phenoxy) is 2. The highest BCUT2D eigenvalue weighted by Crippen LogP contribution is 2.38. The molecule has 2 aliphatic rings. The predicted octanol–water partition coefficient (Wildman–Crippen LogP) is 6.20. The Morgan fingerprint density at radius 3 is 2.47 bits per heavy atom. The standard InChI is InChI=1S/C32H33ClF5N5O5S/c1-41(22-16-42(17-22)31(44)48-18-20-7-4-3-5-8-20)27-13-21(32(36,37)38)11-12-25(27)39-26-15-24(34)28(14-23(26)33)49(45,46)43(19-47-2)30-10-6-9-29(35)40-30/h3-11,14-15,22,25,27,39H,12-13,16-19H2,1-2H3/t25-,27-/m0/s1. The molecule has 0 unspecified atom stereocenters. The molecular formula is C32H33ClF5N5O5S. The molecule has 0 spiro atoms. The molecule has 0 saturated carbocycles. The van der Waals surface area contributed by atoms with E-state index in [0.717, 1.165) is 29.8 Å². The molecule has 2 aromatic carbocycles. The highest BCUT2D eigenvalue weighted by molar-refractivity contribution is 7.92. The molecule has 1 amide bonds. The van der Waals surface area contributed by atoms with E-state index < -0.39 is 69.8 Å². The number of halogens is 6. The van der Waals surface area contributed by atoms with Crippen LogP contribution in [0.3, 0.4) is 0 Å². The summed E-state index contributed by atoms with van der Waals surface area (Å²) in [5.74, 6) is -2.56. The quantitative estimate of drug-likeness (QED) is 0.108. The van der Waals surface area contributed by atoms with Crippen LogP contribution >= 0.6 is 11.6 Å². The molecule has 0 bridgehead atoms. The lowest BCUT2D eigenvalue weighted by atomic mass is 9.87. The van der Waals surface area contributed by atoms with Crippen LogP contribution in [0.4, 0.5) is 38.3 Å². The van der Waals surface area contributed by atoms with Gasteiger partial charge in [-0.05, 0) is 49.7 Å². The second-order valence-electron chi connectivity index (χ2n) is 11.6. The van der Waals surface area contributed by atoms with Crippen LogP contribution in [0.15, 0.2) is 77.2 Å². The molecule has 1 N–H and O–H groups in total. The summed E-state index contributed by atoms with van der Waals surface area (Å²) < 4.78 is 109. The molecule has 0 radical (unpaired) electrons. The Morgan fingerprint density at radius 1 is 1.10 bits per heavy atom. The lowest BCUT2D eigenvalue weighted by Crippen LogP contribution is -2.64. The number of methoxy groups -OCH3 is 1. The SMILES string of the molecule is COCN(c1cccc(F)n1)S(=O)(=O)c1cc(Cl)c(N[C@H]2CC=C(C(F)(F)F)C[C@@H]2N(C)C2CN(C(=O)OCc3ccccc3)C2)cc1F. The summed E-state index contributed by atoms with van der Waals surface area (Å²) >= 11 is 6.45. The number of pyridine rings is 1. The monoisotopic (exact) mass is 729 g/mol. The van der Waals surface area contributed by atoms with E-state index in [-0.39, 0.29) is 48.7 Å². The van der Waals surface area contributed by atoms with Crippen molar-refractivity contribution in [3.8, 4) is 0 Å². The highest BCUT2D eigenvalue weighted by atomic mass is 35.5. The number of carbonyl (C=O) groups excluding carboxylic acids is 1. The summed E-state index contributed by atoms with van der Waals surface area (Å²) in [5.41, 5.74) is 0.0419. The van der Waals surface area contributed by atoms with Crippen molar-refractivity contribution in [2.45, 2.75) is 48.6 Å². The van der Waals surface area contributed by atoms with Crippen molar-refractivity contribution in [1.82, 2.24) is 14.8 Å². The van der Waals surface area contributed by atoms with Crippen LogP contribution in [0, 0.1) is 11.8 Å². The van der Waals surface area contributed by atoms with Gasteiger partial charge in [0.25, 0.3) is 10.0 Å². The van der Waals surface area contributed by atoms with Gasteiger partial charge in [-0.15, -0.1) is 0 Å². The molecule has 49 heavy (non-hydrogen) atoms. The van der Waals surface area contributed by atoms with Crippen LogP contribution < -0.4 is 9.62 Å². The number of nitrogens with one attached hydrogen (secondary N) is 1. The first-order chi connectivity index (χ1) is 23.2. The smallest absolute Gasteiger partial charge is 0.412 e. The van der Waals surface area contributed by atoms with E-state index in [9.17, 15) is 30.8 Å². The maximum absolute atomic E-state index is 15.6. The fourth-order valence-corrected chi connectivity index (χ4v) is 7.39. The number of likely N-dealkylation sites (N-methyl/N-ethyl adjacent to an activating group) is 1. The highest BCUT2D eigenvalue weighted by Gasteiger charge is 2.44. The number of carbonyl (C=O) groups is 1. The summed E-state index contributed by atoms with van der Waals surface area (Å²) in [6.45, 7) is -0.102. The average molecular weight is 730 g/mol. The third-order valence-corrected chi connectivity index (χ3v) is 10.5. The van der Waals surface area contributed by atoms with Crippen LogP contribution in [0.2, 0.25) is 5.02 Å². The Bertz CT molecular complexity index is 1790. The molecule has 3 aromatic rings. The number of benzene rings is 2. The van der Waals surface area contributed by atoms with E-state index in [1.807, 2.05) is 30.3 Å². The van der Waals surface area contributed by atoms with Crippen molar-refractivity contribution in [3.05, 3.63) is 94.7 Å². The van der Waals surface area contributed by atoms with Gasteiger partial charge in [0.15, 0.2) is 0 Å². The van der Waals surface area contributed by atoms with Crippen LogP contribution in [-0.2, 0) is 26.1 Å². The largest absolute Gasteiger partial charge is 0.445 e. The number of likely N-dealkylation sites (tertiary alicyclic amines) is 1. The molecule has 1 aromatic heterocycles. The zero-order chi connectivity index (χ0) is 35.5. The third kappa shape index (κ3) is 8.25. The van der Waals surface area contributed by atoms with E-state index in [4.69, 9.17) is 21.1 Å². The maximum atomic E-state index is 15.6. The third-order valence-electron chi connectivity index (χ3n) is 8.43. The molecule has 17 heteroatoms. The van der Waals surface area contributed by atoms with Crippen molar-refractivity contribution in [2.75, 3.05) is 43.6 Å². The molecule has 5 rings (SSSR count). The minimum Gasteiger partial charge on any atom is -0.445 e. The lowest BCUT2D eigenvalue weighted by Gasteiger charge is -2.49. The van der Waals surface area contributed by atoms with Gasteiger partial charge in [0, 0.05) is 43.9 Å². The second-order valence-corrected chi connectivity index (χ2v) is 13.8. The number of anilines is 2. The van der Waals surface area contributed by atoms with Crippen LogP contribution in [0.5, 0.6) is 0 Å². The van der Waals surface area contributed by atoms with Gasteiger partial charge in [-0.2, -0.15) is 17.6 Å². The van der Waals surface area contributed by atoms with Gasteiger partial charge in [0.2, 0.25) is 5.95 Å².